The fourth-order valence-electron chi connectivity index (χ4n) is 2.19. The first-order valence-corrected chi connectivity index (χ1v) is 7.65. The van der Waals surface area contributed by atoms with Gasteiger partial charge < -0.3 is 10.6 Å². The Bertz CT molecular complexity index is 406. The molecule has 0 saturated heterocycles. The molecule has 5 heteroatoms. The first kappa shape index (κ1) is 16.4. The van der Waals surface area contributed by atoms with Gasteiger partial charge in [0, 0.05) is 12.6 Å². The Labute approximate surface area is 126 Å². The summed E-state index contributed by atoms with van der Waals surface area (Å²) in [4.78, 5) is 4.47. The zero-order valence-corrected chi connectivity index (χ0v) is 13.6. The number of aromatic nitrogens is 1. The van der Waals surface area contributed by atoms with E-state index in [1.165, 1.54) is 0 Å². The minimum atomic E-state index is 0.329. The lowest BCUT2D eigenvalue weighted by Gasteiger charge is -2.24. The van der Waals surface area contributed by atoms with Crippen LogP contribution < -0.4 is 10.6 Å². The zero-order valence-electron chi connectivity index (χ0n) is 12.1. The molecule has 0 amide bonds. The Morgan fingerprint density at radius 1 is 1.11 bits per heavy atom. The van der Waals surface area contributed by atoms with Crippen LogP contribution in [0.15, 0.2) is 6.07 Å². The van der Waals surface area contributed by atoms with Gasteiger partial charge >= 0.3 is 0 Å². The van der Waals surface area contributed by atoms with Crippen molar-refractivity contribution < 1.29 is 0 Å². The van der Waals surface area contributed by atoms with E-state index in [2.05, 4.69) is 36.4 Å². The number of rotatable bonds is 7. The van der Waals surface area contributed by atoms with Crippen LogP contribution in [0.2, 0.25) is 10.0 Å². The molecule has 1 aromatic heterocycles. The number of anilines is 2. The van der Waals surface area contributed by atoms with Crippen LogP contribution in [0.4, 0.5) is 11.6 Å². The second-order valence-electron chi connectivity index (χ2n) is 4.69. The van der Waals surface area contributed by atoms with Gasteiger partial charge in [-0.15, -0.1) is 0 Å². The average Bonchev–Trinajstić information content (AvgIpc) is 2.37. The van der Waals surface area contributed by atoms with E-state index >= 15 is 0 Å². The maximum Gasteiger partial charge on any atom is 0.147 e. The second kappa shape index (κ2) is 7.81. The van der Waals surface area contributed by atoms with Crippen molar-refractivity contribution in [3.63, 3.8) is 0 Å². The topological polar surface area (TPSA) is 37.0 Å². The molecule has 0 radical (unpaired) electrons. The molecule has 1 rings (SSSR count). The summed E-state index contributed by atoms with van der Waals surface area (Å²) in [6.45, 7) is 9.35. The molecule has 0 aromatic carbocycles. The molecule has 19 heavy (non-hydrogen) atoms. The first-order chi connectivity index (χ1) is 9.03. The highest BCUT2D eigenvalue weighted by atomic mass is 35.5. The third kappa shape index (κ3) is 4.43. The maximum atomic E-state index is 6.20. The molecule has 0 aliphatic heterocycles. The Hall–Kier alpha value is -0.670. The monoisotopic (exact) mass is 303 g/mol. The molecule has 2 N–H and O–H groups in total. The molecular formula is C14H23Cl2N3. The Morgan fingerprint density at radius 3 is 2.21 bits per heavy atom. The number of pyridine rings is 1. The average molecular weight is 304 g/mol. The lowest BCUT2D eigenvalue weighted by Crippen LogP contribution is -2.25. The van der Waals surface area contributed by atoms with Gasteiger partial charge in [0.05, 0.1) is 10.0 Å². The summed E-state index contributed by atoms with van der Waals surface area (Å²) in [6.07, 6.45) is 2.27. The van der Waals surface area contributed by atoms with Gasteiger partial charge in [-0.2, -0.15) is 0 Å². The van der Waals surface area contributed by atoms with Crippen molar-refractivity contribution in [3.05, 3.63) is 16.1 Å². The predicted molar refractivity (Wildman–Crippen MR) is 85.6 cm³/mol. The molecule has 0 fully saturated rings. The van der Waals surface area contributed by atoms with E-state index in [0.29, 0.717) is 33.6 Å². The van der Waals surface area contributed by atoms with Gasteiger partial charge in [-0.3, -0.25) is 0 Å². The van der Waals surface area contributed by atoms with Crippen molar-refractivity contribution in [1.29, 1.82) is 0 Å². The molecule has 0 saturated carbocycles. The largest absolute Gasteiger partial charge is 0.369 e. The molecule has 1 unspecified atom stereocenters. The van der Waals surface area contributed by atoms with Crippen molar-refractivity contribution >= 4 is 34.8 Å². The van der Waals surface area contributed by atoms with Gasteiger partial charge in [-0.05, 0) is 25.8 Å². The first-order valence-electron chi connectivity index (χ1n) is 6.89. The molecule has 1 heterocycles. The van der Waals surface area contributed by atoms with E-state index in [-0.39, 0.29) is 0 Å². The van der Waals surface area contributed by atoms with Crippen LogP contribution in [0.3, 0.4) is 0 Å². The maximum absolute atomic E-state index is 6.20. The number of hydrogen-bond acceptors (Lipinski definition) is 3. The summed E-state index contributed by atoms with van der Waals surface area (Å²) < 4.78 is 0. The highest BCUT2D eigenvalue weighted by Crippen LogP contribution is 2.30. The minimum absolute atomic E-state index is 0.329. The second-order valence-corrected chi connectivity index (χ2v) is 5.50. The van der Waals surface area contributed by atoms with Gasteiger partial charge in [-0.1, -0.05) is 49.9 Å². The van der Waals surface area contributed by atoms with E-state index in [4.69, 9.17) is 23.2 Å². The summed E-state index contributed by atoms with van der Waals surface area (Å²) in [5.41, 5.74) is 0. The van der Waals surface area contributed by atoms with E-state index in [0.717, 1.165) is 19.4 Å². The van der Waals surface area contributed by atoms with Crippen molar-refractivity contribution in [2.75, 3.05) is 17.2 Å². The summed E-state index contributed by atoms with van der Waals surface area (Å²) in [6, 6.07) is 2.06. The highest BCUT2D eigenvalue weighted by Gasteiger charge is 2.16. The number of nitrogens with zero attached hydrogens (tertiary/aromatic N) is 1. The third-order valence-corrected chi connectivity index (χ3v) is 3.97. The van der Waals surface area contributed by atoms with Crippen molar-refractivity contribution in [2.24, 2.45) is 5.92 Å². The lowest BCUT2D eigenvalue weighted by atomic mass is 9.95. The van der Waals surface area contributed by atoms with Crippen LogP contribution in [0, 0.1) is 5.92 Å². The standard InChI is InChI=1S/C14H23Cl2N3/c1-5-10(6-2)9(4)18-14-12(16)8-11(15)13(19-14)17-7-3/h8-10H,5-7H2,1-4H3,(H2,17,18,19). The van der Waals surface area contributed by atoms with Crippen molar-refractivity contribution in [1.82, 2.24) is 4.98 Å². The van der Waals surface area contributed by atoms with Crippen LogP contribution in [0.5, 0.6) is 0 Å². The summed E-state index contributed by atoms with van der Waals surface area (Å²) in [5.74, 6) is 1.98. The minimum Gasteiger partial charge on any atom is -0.369 e. The molecular weight excluding hydrogens is 281 g/mol. The van der Waals surface area contributed by atoms with Gasteiger partial charge in [0.15, 0.2) is 0 Å². The predicted octanol–water partition coefficient (Wildman–Crippen LogP) is 5.06. The third-order valence-electron chi connectivity index (χ3n) is 3.39. The van der Waals surface area contributed by atoms with Crippen LogP contribution in [-0.4, -0.2) is 17.6 Å². The van der Waals surface area contributed by atoms with Gasteiger partial charge in [0.25, 0.3) is 0 Å². The van der Waals surface area contributed by atoms with Gasteiger partial charge in [-0.25, -0.2) is 4.98 Å². The van der Waals surface area contributed by atoms with Crippen molar-refractivity contribution in [3.8, 4) is 0 Å². The molecule has 0 aliphatic carbocycles. The Morgan fingerprint density at radius 2 is 1.68 bits per heavy atom. The molecule has 0 spiro atoms. The molecule has 0 aliphatic rings. The highest BCUT2D eigenvalue weighted by molar-refractivity contribution is 6.37. The summed E-state index contributed by atoms with van der Waals surface area (Å²) in [5, 5.41) is 7.64. The van der Waals surface area contributed by atoms with Gasteiger partial charge in [0.1, 0.15) is 11.6 Å². The quantitative estimate of drug-likeness (QED) is 0.739. The fourth-order valence-corrected chi connectivity index (χ4v) is 2.67. The molecule has 1 aromatic rings. The molecule has 108 valence electrons. The Balaban J connectivity index is 2.90. The van der Waals surface area contributed by atoms with E-state index in [1.807, 2.05) is 6.92 Å². The SMILES string of the molecule is CCNc1nc(NC(C)C(CC)CC)c(Cl)cc1Cl. The zero-order chi connectivity index (χ0) is 14.4. The van der Waals surface area contributed by atoms with Crippen LogP contribution in [-0.2, 0) is 0 Å². The molecule has 3 nitrogen and oxygen atoms in total. The number of nitrogens with one attached hydrogen (secondary N) is 2. The van der Waals surface area contributed by atoms with E-state index < -0.39 is 0 Å². The summed E-state index contributed by atoms with van der Waals surface area (Å²) in [7, 11) is 0. The molecule has 0 bridgehead atoms. The number of hydrogen-bond donors (Lipinski definition) is 2. The summed E-state index contributed by atoms with van der Waals surface area (Å²) >= 11 is 12.3. The van der Waals surface area contributed by atoms with E-state index in [1.54, 1.807) is 6.07 Å². The number of halogens is 2. The smallest absolute Gasteiger partial charge is 0.147 e. The van der Waals surface area contributed by atoms with E-state index in [9.17, 15) is 0 Å². The molecule has 1 atom stereocenters. The fraction of sp³-hybridized carbons (Fsp3) is 0.643. The Kier molecular flexibility index (Phi) is 6.73. The van der Waals surface area contributed by atoms with Crippen LogP contribution in [0.1, 0.15) is 40.5 Å². The van der Waals surface area contributed by atoms with Crippen molar-refractivity contribution in [2.45, 2.75) is 46.6 Å². The normalized spacial score (nSPS) is 12.6. The van der Waals surface area contributed by atoms with Crippen LogP contribution in [0.25, 0.3) is 0 Å². The lowest BCUT2D eigenvalue weighted by molar-refractivity contribution is 0.437. The van der Waals surface area contributed by atoms with Gasteiger partial charge in [0.2, 0.25) is 0 Å². The van der Waals surface area contributed by atoms with Crippen LogP contribution >= 0.6 is 23.2 Å².